The Kier molecular flexibility index (Phi) is 3.26. The molecular formula is C19H17NO2. The molecule has 0 radical (unpaired) electrons. The summed E-state index contributed by atoms with van der Waals surface area (Å²) in [5, 5.41) is 18.6. The van der Waals surface area contributed by atoms with E-state index in [0.717, 1.165) is 11.1 Å². The van der Waals surface area contributed by atoms with Crippen molar-refractivity contribution < 1.29 is 9.90 Å². The van der Waals surface area contributed by atoms with Gasteiger partial charge in [-0.05, 0) is 53.3 Å². The summed E-state index contributed by atoms with van der Waals surface area (Å²) < 4.78 is 0. The quantitative estimate of drug-likeness (QED) is 0.866. The molecule has 0 amide bonds. The Hall–Kier alpha value is -2.60. The molecule has 1 aliphatic carbocycles. The van der Waals surface area contributed by atoms with Gasteiger partial charge in [-0.1, -0.05) is 26.0 Å². The monoisotopic (exact) mass is 291 g/mol. The van der Waals surface area contributed by atoms with Crippen LogP contribution in [0.4, 0.5) is 0 Å². The van der Waals surface area contributed by atoms with Crippen LogP contribution in [0.25, 0.3) is 0 Å². The van der Waals surface area contributed by atoms with Crippen LogP contribution in [0.5, 0.6) is 5.75 Å². The average molecular weight is 291 g/mol. The van der Waals surface area contributed by atoms with Gasteiger partial charge in [0, 0.05) is 11.5 Å². The van der Waals surface area contributed by atoms with Crippen molar-refractivity contribution in [2.24, 2.45) is 0 Å². The first-order chi connectivity index (χ1) is 10.4. The summed E-state index contributed by atoms with van der Waals surface area (Å²) >= 11 is 0. The van der Waals surface area contributed by atoms with Crippen LogP contribution in [0.15, 0.2) is 42.5 Å². The van der Waals surface area contributed by atoms with Crippen molar-refractivity contribution in [1.82, 2.24) is 0 Å². The lowest BCUT2D eigenvalue weighted by molar-refractivity contribution is 0.0926. The highest BCUT2D eigenvalue weighted by Crippen LogP contribution is 2.44. The largest absolute Gasteiger partial charge is 0.508 e. The maximum absolute atomic E-state index is 12.8. The van der Waals surface area contributed by atoms with E-state index in [9.17, 15) is 9.90 Å². The highest BCUT2D eigenvalue weighted by Gasteiger charge is 2.39. The SMILES string of the molecule is CC1(C)CC(c2ccc(C#N)cc2)C(=O)c2ccc(O)cc21. The number of hydrogen-bond acceptors (Lipinski definition) is 3. The van der Waals surface area contributed by atoms with Gasteiger partial charge in [0.15, 0.2) is 5.78 Å². The molecule has 0 saturated heterocycles. The van der Waals surface area contributed by atoms with Gasteiger partial charge in [-0.3, -0.25) is 4.79 Å². The zero-order valence-electron chi connectivity index (χ0n) is 12.6. The molecule has 1 unspecified atom stereocenters. The summed E-state index contributed by atoms with van der Waals surface area (Å²) in [6, 6.07) is 14.3. The van der Waals surface area contributed by atoms with E-state index in [-0.39, 0.29) is 22.9 Å². The summed E-state index contributed by atoms with van der Waals surface area (Å²) in [5.41, 5.74) is 2.93. The Morgan fingerprint density at radius 1 is 1.18 bits per heavy atom. The summed E-state index contributed by atoms with van der Waals surface area (Å²) in [7, 11) is 0. The van der Waals surface area contributed by atoms with Crippen molar-refractivity contribution in [1.29, 1.82) is 5.26 Å². The smallest absolute Gasteiger partial charge is 0.170 e. The summed E-state index contributed by atoms with van der Waals surface area (Å²) in [6.45, 7) is 4.18. The van der Waals surface area contributed by atoms with Crippen molar-refractivity contribution in [3.63, 3.8) is 0 Å². The van der Waals surface area contributed by atoms with Crippen LogP contribution >= 0.6 is 0 Å². The molecule has 1 N–H and O–H groups in total. The fraction of sp³-hybridized carbons (Fsp3) is 0.263. The second kappa shape index (κ2) is 4.99. The lowest BCUT2D eigenvalue weighted by atomic mass is 9.66. The van der Waals surface area contributed by atoms with Gasteiger partial charge in [0.25, 0.3) is 0 Å². The fourth-order valence-corrected chi connectivity index (χ4v) is 3.27. The Morgan fingerprint density at radius 2 is 1.86 bits per heavy atom. The average Bonchev–Trinajstić information content (AvgIpc) is 2.51. The summed E-state index contributed by atoms with van der Waals surface area (Å²) in [5.74, 6) is 0.0651. The minimum Gasteiger partial charge on any atom is -0.508 e. The van der Waals surface area contributed by atoms with Crippen molar-refractivity contribution in [2.45, 2.75) is 31.6 Å². The Morgan fingerprint density at radius 3 is 2.50 bits per heavy atom. The number of nitrogens with zero attached hydrogens (tertiary/aromatic N) is 1. The molecule has 0 bridgehead atoms. The van der Waals surface area contributed by atoms with E-state index in [1.165, 1.54) is 0 Å². The molecule has 3 heteroatoms. The second-order valence-electron chi connectivity index (χ2n) is 6.47. The lowest BCUT2D eigenvalue weighted by Crippen LogP contribution is -2.33. The molecule has 3 rings (SSSR count). The maximum atomic E-state index is 12.8. The zero-order chi connectivity index (χ0) is 15.9. The normalized spacial score (nSPS) is 19.3. The first-order valence-electron chi connectivity index (χ1n) is 7.30. The second-order valence-corrected chi connectivity index (χ2v) is 6.47. The number of Topliss-reactive ketones (excluding diaryl/α,β-unsaturated/α-hetero) is 1. The number of benzene rings is 2. The predicted molar refractivity (Wildman–Crippen MR) is 84.0 cm³/mol. The molecule has 0 heterocycles. The van der Waals surface area contributed by atoms with E-state index >= 15 is 0 Å². The number of phenols is 1. The van der Waals surface area contributed by atoms with Gasteiger partial charge in [0.05, 0.1) is 11.6 Å². The van der Waals surface area contributed by atoms with Crippen LogP contribution in [0.1, 0.15) is 53.2 Å². The molecule has 22 heavy (non-hydrogen) atoms. The van der Waals surface area contributed by atoms with E-state index < -0.39 is 0 Å². The first-order valence-corrected chi connectivity index (χ1v) is 7.30. The first kappa shape index (κ1) is 14.3. The standard InChI is InChI=1S/C19H17NO2/c1-19(2)10-16(13-5-3-12(11-20)4-6-13)18(22)15-8-7-14(21)9-17(15)19/h3-9,16,21H,10H2,1-2H3. The molecule has 3 nitrogen and oxygen atoms in total. The molecule has 0 fully saturated rings. The van der Waals surface area contributed by atoms with Gasteiger partial charge in [0.1, 0.15) is 5.75 Å². The number of carbonyl (C=O) groups excluding carboxylic acids is 1. The minimum absolute atomic E-state index is 0.0824. The topological polar surface area (TPSA) is 61.1 Å². The highest BCUT2D eigenvalue weighted by molar-refractivity contribution is 6.04. The van der Waals surface area contributed by atoms with Gasteiger partial charge in [-0.25, -0.2) is 0 Å². The van der Waals surface area contributed by atoms with E-state index in [2.05, 4.69) is 19.9 Å². The van der Waals surface area contributed by atoms with Crippen LogP contribution in [0, 0.1) is 11.3 Å². The molecule has 1 aliphatic rings. The lowest BCUT2D eigenvalue weighted by Gasteiger charge is -2.36. The molecular weight excluding hydrogens is 274 g/mol. The Labute approximate surface area is 129 Å². The van der Waals surface area contributed by atoms with E-state index in [4.69, 9.17) is 5.26 Å². The number of rotatable bonds is 1. The Balaban J connectivity index is 2.07. The maximum Gasteiger partial charge on any atom is 0.170 e. The van der Waals surface area contributed by atoms with E-state index in [1.807, 2.05) is 12.1 Å². The third-order valence-electron chi connectivity index (χ3n) is 4.47. The molecule has 2 aromatic carbocycles. The van der Waals surface area contributed by atoms with Crippen molar-refractivity contribution >= 4 is 5.78 Å². The third kappa shape index (κ3) is 2.27. The van der Waals surface area contributed by atoms with Crippen LogP contribution < -0.4 is 0 Å². The van der Waals surface area contributed by atoms with Crippen LogP contribution in [0.3, 0.4) is 0 Å². The molecule has 1 atom stereocenters. The van der Waals surface area contributed by atoms with Gasteiger partial charge < -0.3 is 5.11 Å². The number of phenolic OH excluding ortho intramolecular Hbond substituents is 1. The molecule has 2 aromatic rings. The van der Waals surface area contributed by atoms with Gasteiger partial charge in [-0.2, -0.15) is 5.26 Å². The number of fused-ring (bicyclic) bond motifs is 1. The van der Waals surface area contributed by atoms with Crippen LogP contribution in [0.2, 0.25) is 0 Å². The van der Waals surface area contributed by atoms with E-state index in [1.54, 1.807) is 30.3 Å². The third-order valence-corrected chi connectivity index (χ3v) is 4.47. The zero-order valence-corrected chi connectivity index (χ0v) is 12.6. The molecule has 110 valence electrons. The molecule has 0 saturated carbocycles. The fourth-order valence-electron chi connectivity index (χ4n) is 3.27. The molecule has 0 spiro atoms. The van der Waals surface area contributed by atoms with Crippen LogP contribution in [-0.2, 0) is 5.41 Å². The number of aromatic hydroxyl groups is 1. The van der Waals surface area contributed by atoms with Gasteiger partial charge in [0.2, 0.25) is 0 Å². The number of hydrogen-bond donors (Lipinski definition) is 1. The number of carbonyl (C=O) groups is 1. The molecule has 0 aliphatic heterocycles. The Bertz CT molecular complexity index is 782. The van der Waals surface area contributed by atoms with Crippen LogP contribution in [-0.4, -0.2) is 10.9 Å². The van der Waals surface area contributed by atoms with Gasteiger partial charge in [-0.15, -0.1) is 0 Å². The molecule has 0 aromatic heterocycles. The highest BCUT2D eigenvalue weighted by atomic mass is 16.3. The number of ketones is 1. The predicted octanol–water partition coefficient (Wildman–Crippen LogP) is 3.91. The summed E-state index contributed by atoms with van der Waals surface area (Å²) in [4.78, 5) is 12.8. The van der Waals surface area contributed by atoms with Gasteiger partial charge >= 0.3 is 0 Å². The van der Waals surface area contributed by atoms with Crippen molar-refractivity contribution in [3.05, 3.63) is 64.7 Å². The van der Waals surface area contributed by atoms with Crippen molar-refractivity contribution in [3.8, 4) is 11.8 Å². The van der Waals surface area contributed by atoms with E-state index in [0.29, 0.717) is 17.5 Å². The number of nitriles is 1. The summed E-state index contributed by atoms with van der Waals surface area (Å²) in [6.07, 6.45) is 0.689. The minimum atomic E-state index is -0.209. The van der Waals surface area contributed by atoms with Crippen molar-refractivity contribution in [2.75, 3.05) is 0 Å².